The van der Waals surface area contributed by atoms with Gasteiger partial charge in [0.2, 0.25) is 0 Å². The SMILES string of the molecule is Cc1cc(Nc2cn(C)nc2C)ccc1[N+](=O)[O-]. The molecule has 0 aliphatic heterocycles. The zero-order valence-electron chi connectivity index (χ0n) is 10.5. The number of benzene rings is 1. The number of nitrogens with one attached hydrogen (secondary N) is 1. The van der Waals surface area contributed by atoms with Crippen molar-refractivity contribution in [3.05, 3.63) is 45.8 Å². The highest BCUT2D eigenvalue weighted by molar-refractivity contribution is 5.63. The first kappa shape index (κ1) is 12.1. The maximum atomic E-state index is 10.7. The van der Waals surface area contributed by atoms with Gasteiger partial charge in [-0.05, 0) is 26.0 Å². The van der Waals surface area contributed by atoms with Crippen LogP contribution in [0.5, 0.6) is 0 Å². The van der Waals surface area contributed by atoms with E-state index in [-0.39, 0.29) is 10.6 Å². The lowest BCUT2D eigenvalue weighted by Gasteiger charge is -2.05. The molecule has 0 saturated carbocycles. The van der Waals surface area contributed by atoms with Crippen molar-refractivity contribution in [2.75, 3.05) is 5.32 Å². The summed E-state index contributed by atoms with van der Waals surface area (Å²) < 4.78 is 1.72. The molecule has 0 saturated heterocycles. The average Bonchev–Trinajstić information content (AvgIpc) is 2.57. The zero-order chi connectivity index (χ0) is 13.3. The molecule has 0 spiro atoms. The first-order valence-corrected chi connectivity index (χ1v) is 5.49. The van der Waals surface area contributed by atoms with E-state index >= 15 is 0 Å². The molecule has 0 atom stereocenters. The van der Waals surface area contributed by atoms with Crippen molar-refractivity contribution in [1.82, 2.24) is 9.78 Å². The monoisotopic (exact) mass is 246 g/mol. The summed E-state index contributed by atoms with van der Waals surface area (Å²) in [4.78, 5) is 10.3. The first-order chi connectivity index (χ1) is 8.47. The normalized spacial score (nSPS) is 10.4. The molecule has 6 heteroatoms. The summed E-state index contributed by atoms with van der Waals surface area (Å²) >= 11 is 0. The predicted octanol–water partition coefficient (Wildman–Crippen LogP) is 2.69. The number of aromatic nitrogens is 2. The Morgan fingerprint density at radius 1 is 1.39 bits per heavy atom. The van der Waals surface area contributed by atoms with Crippen molar-refractivity contribution in [2.24, 2.45) is 7.05 Å². The van der Waals surface area contributed by atoms with E-state index in [0.717, 1.165) is 17.1 Å². The van der Waals surface area contributed by atoms with Crippen LogP contribution in [0, 0.1) is 24.0 Å². The lowest BCUT2D eigenvalue weighted by molar-refractivity contribution is -0.385. The van der Waals surface area contributed by atoms with Gasteiger partial charge in [-0.3, -0.25) is 14.8 Å². The molecule has 2 rings (SSSR count). The predicted molar refractivity (Wildman–Crippen MR) is 69.1 cm³/mol. The van der Waals surface area contributed by atoms with Gasteiger partial charge in [-0.2, -0.15) is 5.10 Å². The third-order valence-electron chi connectivity index (χ3n) is 2.69. The molecule has 0 radical (unpaired) electrons. The van der Waals surface area contributed by atoms with E-state index < -0.39 is 0 Å². The molecule has 0 fully saturated rings. The summed E-state index contributed by atoms with van der Waals surface area (Å²) in [5.41, 5.74) is 3.35. The molecule has 1 aromatic heterocycles. The van der Waals surface area contributed by atoms with Crippen molar-refractivity contribution in [3.63, 3.8) is 0 Å². The van der Waals surface area contributed by atoms with E-state index in [4.69, 9.17) is 0 Å². The topological polar surface area (TPSA) is 73.0 Å². The molecule has 0 bridgehead atoms. The molecule has 94 valence electrons. The number of nitro benzene ring substituents is 1. The smallest absolute Gasteiger partial charge is 0.272 e. The van der Waals surface area contributed by atoms with Crippen LogP contribution in [0.25, 0.3) is 0 Å². The molecule has 6 nitrogen and oxygen atoms in total. The van der Waals surface area contributed by atoms with E-state index in [1.165, 1.54) is 6.07 Å². The largest absolute Gasteiger partial charge is 0.353 e. The van der Waals surface area contributed by atoms with E-state index in [0.29, 0.717) is 5.56 Å². The second-order valence-electron chi connectivity index (χ2n) is 4.19. The Balaban J connectivity index is 2.28. The van der Waals surface area contributed by atoms with Crippen molar-refractivity contribution in [2.45, 2.75) is 13.8 Å². The van der Waals surface area contributed by atoms with E-state index in [9.17, 15) is 10.1 Å². The molecule has 0 aliphatic carbocycles. The summed E-state index contributed by atoms with van der Waals surface area (Å²) in [6.07, 6.45) is 1.87. The highest BCUT2D eigenvalue weighted by Crippen LogP contribution is 2.25. The van der Waals surface area contributed by atoms with Crippen molar-refractivity contribution in [3.8, 4) is 0 Å². The van der Waals surface area contributed by atoms with Gasteiger partial charge in [0.1, 0.15) is 0 Å². The summed E-state index contributed by atoms with van der Waals surface area (Å²) in [6, 6.07) is 4.95. The van der Waals surface area contributed by atoms with Gasteiger partial charge in [-0.1, -0.05) is 0 Å². The lowest BCUT2D eigenvalue weighted by Crippen LogP contribution is -1.95. The van der Waals surface area contributed by atoms with Crippen LogP contribution in [-0.2, 0) is 7.05 Å². The third-order valence-corrected chi connectivity index (χ3v) is 2.69. The number of nitrogens with zero attached hydrogens (tertiary/aromatic N) is 3. The number of hydrogen-bond donors (Lipinski definition) is 1. The van der Waals surface area contributed by atoms with Crippen LogP contribution in [0.15, 0.2) is 24.4 Å². The number of rotatable bonds is 3. The fraction of sp³-hybridized carbons (Fsp3) is 0.250. The molecule has 1 aromatic carbocycles. The zero-order valence-corrected chi connectivity index (χ0v) is 10.5. The Hall–Kier alpha value is -2.37. The molecular weight excluding hydrogens is 232 g/mol. The minimum atomic E-state index is -0.381. The van der Waals surface area contributed by atoms with E-state index in [2.05, 4.69) is 10.4 Å². The second-order valence-corrected chi connectivity index (χ2v) is 4.19. The molecule has 0 amide bonds. The molecule has 0 aliphatic rings. The quantitative estimate of drug-likeness (QED) is 0.667. The Kier molecular flexibility index (Phi) is 3.01. The van der Waals surface area contributed by atoms with Crippen molar-refractivity contribution < 1.29 is 4.92 Å². The molecule has 2 aromatic rings. The maximum Gasteiger partial charge on any atom is 0.272 e. The summed E-state index contributed by atoms with van der Waals surface area (Å²) in [5, 5.41) is 18.1. The minimum absolute atomic E-state index is 0.128. The van der Waals surface area contributed by atoms with Gasteiger partial charge in [0.25, 0.3) is 5.69 Å². The number of nitro groups is 1. The Bertz CT molecular complexity index is 604. The first-order valence-electron chi connectivity index (χ1n) is 5.49. The van der Waals surface area contributed by atoms with Crippen LogP contribution >= 0.6 is 0 Å². The van der Waals surface area contributed by atoms with Crippen LogP contribution in [0.3, 0.4) is 0 Å². The molecule has 1 heterocycles. The van der Waals surface area contributed by atoms with Crippen molar-refractivity contribution >= 4 is 17.1 Å². The van der Waals surface area contributed by atoms with Crippen LogP contribution in [0.1, 0.15) is 11.3 Å². The maximum absolute atomic E-state index is 10.7. The van der Waals surface area contributed by atoms with Gasteiger partial charge in [0.05, 0.1) is 16.3 Å². The van der Waals surface area contributed by atoms with Crippen LogP contribution < -0.4 is 5.32 Å². The van der Waals surface area contributed by atoms with Crippen molar-refractivity contribution in [1.29, 1.82) is 0 Å². The highest BCUT2D eigenvalue weighted by atomic mass is 16.6. The highest BCUT2D eigenvalue weighted by Gasteiger charge is 2.11. The number of aryl methyl sites for hydroxylation is 3. The molecular formula is C12H14N4O2. The molecule has 1 N–H and O–H groups in total. The minimum Gasteiger partial charge on any atom is -0.353 e. The van der Waals surface area contributed by atoms with Gasteiger partial charge >= 0.3 is 0 Å². The van der Waals surface area contributed by atoms with E-state index in [1.54, 1.807) is 23.7 Å². The summed E-state index contributed by atoms with van der Waals surface area (Å²) in [6.45, 7) is 3.62. The van der Waals surface area contributed by atoms with Gasteiger partial charge in [0.15, 0.2) is 0 Å². The lowest BCUT2D eigenvalue weighted by atomic mass is 10.2. The van der Waals surface area contributed by atoms with Gasteiger partial charge in [-0.25, -0.2) is 0 Å². The average molecular weight is 246 g/mol. The third kappa shape index (κ3) is 2.32. The standard InChI is InChI=1S/C12H14N4O2/c1-8-6-10(4-5-12(8)16(17)18)13-11-7-15(3)14-9(11)2/h4-7,13H,1-3H3. The van der Waals surface area contributed by atoms with E-state index in [1.807, 2.05) is 20.2 Å². The fourth-order valence-corrected chi connectivity index (χ4v) is 1.82. The Morgan fingerprint density at radius 3 is 2.61 bits per heavy atom. The van der Waals surface area contributed by atoms with Gasteiger partial charge in [-0.15, -0.1) is 0 Å². The van der Waals surface area contributed by atoms with Gasteiger partial charge in [0, 0.05) is 30.6 Å². The number of anilines is 2. The Morgan fingerprint density at radius 2 is 2.11 bits per heavy atom. The fourth-order valence-electron chi connectivity index (χ4n) is 1.82. The summed E-state index contributed by atoms with van der Waals surface area (Å²) in [5.74, 6) is 0. The van der Waals surface area contributed by atoms with Gasteiger partial charge < -0.3 is 5.32 Å². The number of hydrogen-bond acceptors (Lipinski definition) is 4. The molecule has 18 heavy (non-hydrogen) atoms. The van der Waals surface area contributed by atoms with Crippen LogP contribution in [0.4, 0.5) is 17.1 Å². The Labute approximate surface area is 104 Å². The van der Waals surface area contributed by atoms with Crippen LogP contribution in [-0.4, -0.2) is 14.7 Å². The van der Waals surface area contributed by atoms with Crippen LogP contribution in [0.2, 0.25) is 0 Å². The second kappa shape index (κ2) is 4.48. The molecule has 0 unspecified atom stereocenters. The summed E-state index contributed by atoms with van der Waals surface area (Å²) in [7, 11) is 1.85.